The van der Waals surface area contributed by atoms with E-state index in [4.69, 9.17) is 0 Å². The normalized spacial score (nSPS) is 15.6. The number of carbonyl (C=O) groups is 2. The molecule has 2 rings (SSSR count). The van der Waals surface area contributed by atoms with Crippen LogP contribution in [-0.4, -0.2) is 16.6 Å². The van der Waals surface area contributed by atoms with Gasteiger partial charge in [0.15, 0.2) is 11.6 Å². The van der Waals surface area contributed by atoms with Gasteiger partial charge in [-0.25, -0.2) is 0 Å². The van der Waals surface area contributed by atoms with Crippen LogP contribution in [0.15, 0.2) is 28.7 Å². The average Bonchev–Trinajstić information content (AvgIpc) is 2.21. The van der Waals surface area contributed by atoms with E-state index in [0.29, 0.717) is 5.57 Å². The van der Waals surface area contributed by atoms with Crippen molar-refractivity contribution in [3.05, 3.63) is 45.4 Å². The SMILES string of the molecule is CC(C)(C)C1=CC(=O)c2cc(=O)[nH]cc2C1=O. The third kappa shape index (κ3) is 1.86. The van der Waals surface area contributed by atoms with Crippen LogP contribution in [0, 0.1) is 5.41 Å². The van der Waals surface area contributed by atoms with Crippen molar-refractivity contribution >= 4 is 11.6 Å². The van der Waals surface area contributed by atoms with Gasteiger partial charge in [0.2, 0.25) is 5.56 Å². The number of hydrogen-bond donors (Lipinski definition) is 1. The van der Waals surface area contributed by atoms with Gasteiger partial charge in [-0.05, 0) is 11.5 Å². The molecule has 4 heteroatoms. The average molecular weight is 231 g/mol. The van der Waals surface area contributed by atoms with Gasteiger partial charge >= 0.3 is 0 Å². The second kappa shape index (κ2) is 3.52. The van der Waals surface area contributed by atoms with Crippen LogP contribution >= 0.6 is 0 Å². The molecule has 0 radical (unpaired) electrons. The van der Waals surface area contributed by atoms with Crippen LogP contribution in [0.1, 0.15) is 41.5 Å². The van der Waals surface area contributed by atoms with Crippen LogP contribution < -0.4 is 5.56 Å². The summed E-state index contributed by atoms with van der Waals surface area (Å²) in [4.78, 5) is 37.6. The molecule has 1 N–H and O–H groups in total. The summed E-state index contributed by atoms with van der Waals surface area (Å²) in [7, 11) is 0. The Morgan fingerprint density at radius 2 is 1.71 bits per heavy atom. The molecule has 0 amide bonds. The van der Waals surface area contributed by atoms with Crippen molar-refractivity contribution in [3.63, 3.8) is 0 Å². The van der Waals surface area contributed by atoms with Crippen LogP contribution in [0.3, 0.4) is 0 Å². The zero-order chi connectivity index (χ0) is 12.8. The maximum atomic E-state index is 12.2. The van der Waals surface area contributed by atoms with E-state index in [2.05, 4.69) is 4.98 Å². The summed E-state index contributed by atoms with van der Waals surface area (Å²) in [6.07, 6.45) is 2.65. The van der Waals surface area contributed by atoms with Crippen LogP contribution in [0.2, 0.25) is 0 Å². The highest BCUT2D eigenvalue weighted by atomic mass is 16.1. The lowest BCUT2D eigenvalue weighted by Gasteiger charge is -2.25. The number of aromatic nitrogens is 1. The fraction of sp³-hybridized carbons (Fsp3) is 0.308. The Bertz CT molecular complexity index is 600. The largest absolute Gasteiger partial charge is 0.328 e. The first kappa shape index (κ1) is 11.5. The highest BCUT2D eigenvalue weighted by Crippen LogP contribution is 2.32. The monoisotopic (exact) mass is 231 g/mol. The van der Waals surface area contributed by atoms with Crippen LogP contribution in [0.4, 0.5) is 0 Å². The second-order valence-corrected chi connectivity index (χ2v) is 5.13. The minimum absolute atomic E-state index is 0.187. The third-order valence-electron chi connectivity index (χ3n) is 2.76. The van der Waals surface area contributed by atoms with Crippen molar-refractivity contribution in [2.45, 2.75) is 20.8 Å². The van der Waals surface area contributed by atoms with E-state index in [1.807, 2.05) is 20.8 Å². The summed E-state index contributed by atoms with van der Waals surface area (Å²) in [5, 5.41) is 0. The molecular weight excluding hydrogens is 218 g/mol. The Morgan fingerprint density at radius 3 is 2.29 bits per heavy atom. The van der Waals surface area contributed by atoms with E-state index in [-0.39, 0.29) is 33.7 Å². The molecule has 0 aliphatic heterocycles. The molecule has 0 saturated heterocycles. The molecule has 0 atom stereocenters. The number of ketones is 2. The van der Waals surface area contributed by atoms with Gasteiger partial charge in [0, 0.05) is 29.0 Å². The number of Topliss-reactive ketones (excluding diaryl/α,β-unsaturated/α-hetero) is 1. The van der Waals surface area contributed by atoms with Gasteiger partial charge in [-0.15, -0.1) is 0 Å². The number of carbonyl (C=O) groups excluding carboxylic acids is 2. The molecule has 1 aliphatic rings. The quantitative estimate of drug-likeness (QED) is 0.739. The van der Waals surface area contributed by atoms with Gasteiger partial charge in [0.1, 0.15) is 0 Å². The molecule has 0 aromatic carbocycles. The first-order valence-corrected chi connectivity index (χ1v) is 5.34. The second-order valence-electron chi connectivity index (χ2n) is 5.13. The first-order chi connectivity index (χ1) is 7.80. The van der Waals surface area contributed by atoms with Crippen molar-refractivity contribution < 1.29 is 9.59 Å². The van der Waals surface area contributed by atoms with E-state index in [0.717, 1.165) is 0 Å². The van der Waals surface area contributed by atoms with Gasteiger partial charge in [-0.3, -0.25) is 14.4 Å². The van der Waals surface area contributed by atoms with Crippen molar-refractivity contribution in [2.24, 2.45) is 5.41 Å². The predicted octanol–water partition coefficient (Wildman–Crippen LogP) is 1.73. The molecule has 1 aromatic heterocycles. The zero-order valence-corrected chi connectivity index (χ0v) is 9.96. The number of allylic oxidation sites excluding steroid dienone is 2. The van der Waals surface area contributed by atoms with E-state index in [9.17, 15) is 14.4 Å². The smallest absolute Gasteiger partial charge is 0.248 e. The standard InChI is InChI=1S/C13H13NO3/c1-13(2,3)9-5-10(15)7-4-11(16)14-6-8(7)12(9)17/h4-6H,1-3H3,(H,14,16). The lowest BCUT2D eigenvalue weighted by Crippen LogP contribution is -2.27. The minimum atomic E-state index is -0.388. The molecule has 0 saturated carbocycles. The molecule has 1 aliphatic carbocycles. The van der Waals surface area contributed by atoms with Gasteiger partial charge < -0.3 is 4.98 Å². The Balaban J connectivity index is 2.66. The van der Waals surface area contributed by atoms with Gasteiger partial charge in [-0.2, -0.15) is 0 Å². The molecule has 0 unspecified atom stereocenters. The Kier molecular flexibility index (Phi) is 2.38. The lowest BCUT2D eigenvalue weighted by molar-refractivity contribution is 0.0966. The van der Waals surface area contributed by atoms with E-state index >= 15 is 0 Å². The number of aromatic amines is 1. The molecule has 4 nitrogen and oxygen atoms in total. The number of fused-ring (bicyclic) bond motifs is 1. The summed E-state index contributed by atoms with van der Waals surface area (Å²) in [5.74, 6) is -0.473. The van der Waals surface area contributed by atoms with Crippen molar-refractivity contribution in [1.29, 1.82) is 0 Å². The van der Waals surface area contributed by atoms with Crippen LogP contribution in [-0.2, 0) is 0 Å². The molecular formula is C13H13NO3. The summed E-state index contributed by atoms with van der Waals surface area (Å²) < 4.78 is 0. The number of H-pyrrole nitrogens is 1. The summed E-state index contributed by atoms with van der Waals surface area (Å²) in [6, 6.07) is 1.17. The zero-order valence-electron chi connectivity index (χ0n) is 9.96. The van der Waals surface area contributed by atoms with Crippen LogP contribution in [0.25, 0.3) is 0 Å². The first-order valence-electron chi connectivity index (χ1n) is 5.34. The Hall–Kier alpha value is -1.97. The molecule has 17 heavy (non-hydrogen) atoms. The Morgan fingerprint density at radius 1 is 1.06 bits per heavy atom. The van der Waals surface area contributed by atoms with E-state index in [1.54, 1.807) is 0 Å². The fourth-order valence-electron chi connectivity index (χ4n) is 1.84. The minimum Gasteiger partial charge on any atom is -0.328 e. The number of nitrogens with one attached hydrogen (secondary N) is 1. The summed E-state index contributed by atoms with van der Waals surface area (Å²) in [5.41, 5.74) is 0.175. The molecule has 0 bridgehead atoms. The third-order valence-corrected chi connectivity index (χ3v) is 2.76. The molecule has 1 aromatic rings. The maximum Gasteiger partial charge on any atom is 0.248 e. The van der Waals surface area contributed by atoms with E-state index in [1.165, 1.54) is 18.3 Å². The number of rotatable bonds is 0. The molecule has 88 valence electrons. The van der Waals surface area contributed by atoms with Gasteiger partial charge in [0.25, 0.3) is 0 Å². The van der Waals surface area contributed by atoms with Gasteiger partial charge in [-0.1, -0.05) is 20.8 Å². The Labute approximate surface area is 98.4 Å². The summed E-state index contributed by atoms with van der Waals surface area (Å²) >= 11 is 0. The highest BCUT2D eigenvalue weighted by molar-refractivity contribution is 6.24. The lowest BCUT2D eigenvalue weighted by atomic mass is 9.77. The van der Waals surface area contributed by atoms with Gasteiger partial charge in [0.05, 0.1) is 0 Å². The number of pyridine rings is 1. The van der Waals surface area contributed by atoms with Crippen molar-refractivity contribution in [2.75, 3.05) is 0 Å². The van der Waals surface area contributed by atoms with Crippen molar-refractivity contribution in [1.82, 2.24) is 4.98 Å². The molecule has 0 spiro atoms. The highest BCUT2D eigenvalue weighted by Gasteiger charge is 2.32. The van der Waals surface area contributed by atoms with Crippen LogP contribution in [0.5, 0.6) is 0 Å². The number of hydrogen-bond acceptors (Lipinski definition) is 3. The topological polar surface area (TPSA) is 67.0 Å². The predicted molar refractivity (Wildman–Crippen MR) is 63.3 cm³/mol. The van der Waals surface area contributed by atoms with Crippen molar-refractivity contribution in [3.8, 4) is 0 Å². The van der Waals surface area contributed by atoms with E-state index < -0.39 is 0 Å². The fourth-order valence-corrected chi connectivity index (χ4v) is 1.84. The maximum absolute atomic E-state index is 12.2. The summed E-state index contributed by atoms with van der Waals surface area (Å²) in [6.45, 7) is 5.63. The molecule has 1 heterocycles. The molecule has 0 fully saturated rings.